The molecule has 5 heteroatoms. The van der Waals surface area contributed by atoms with Crippen molar-refractivity contribution in [3.05, 3.63) is 0 Å². The van der Waals surface area contributed by atoms with Crippen LogP contribution in [0, 0.1) is 0 Å². The highest BCUT2D eigenvalue weighted by Gasteiger charge is 2.20. The quantitative estimate of drug-likeness (QED) is 0.478. The third-order valence-electron chi connectivity index (χ3n) is 2.17. The number of hydrogen-bond donors (Lipinski definition) is 3. The van der Waals surface area contributed by atoms with Crippen molar-refractivity contribution in [1.29, 1.82) is 0 Å². The van der Waals surface area contributed by atoms with Gasteiger partial charge in [-0.05, 0) is 0 Å². The van der Waals surface area contributed by atoms with Crippen LogP contribution < -0.4 is 5.73 Å². The fourth-order valence-corrected chi connectivity index (χ4v) is 1.44. The highest BCUT2D eigenvalue weighted by atomic mass is 16.5. The molecule has 1 fully saturated rings. The van der Waals surface area contributed by atoms with Crippen LogP contribution in [-0.2, 0) is 4.74 Å². The van der Waals surface area contributed by atoms with Crippen LogP contribution in [0.15, 0.2) is 0 Å². The average molecular weight is 190 g/mol. The van der Waals surface area contributed by atoms with Crippen LogP contribution >= 0.6 is 0 Å². The predicted octanol–water partition coefficient (Wildman–Crippen LogP) is -2.00. The maximum atomic E-state index is 9.21. The first-order chi connectivity index (χ1) is 6.26. The van der Waals surface area contributed by atoms with Crippen LogP contribution in [0.5, 0.6) is 0 Å². The Morgan fingerprint density at radius 3 is 3.00 bits per heavy atom. The molecule has 1 saturated heterocycles. The van der Waals surface area contributed by atoms with Crippen LogP contribution in [0.2, 0.25) is 0 Å². The van der Waals surface area contributed by atoms with Crippen molar-refractivity contribution in [3.8, 4) is 0 Å². The molecule has 1 rings (SSSR count). The zero-order valence-electron chi connectivity index (χ0n) is 7.72. The molecule has 1 aliphatic heterocycles. The SMILES string of the molecule is NCC1CN(CC(O)CO)CCO1. The van der Waals surface area contributed by atoms with Crippen LogP contribution in [0.25, 0.3) is 0 Å². The van der Waals surface area contributed by atoms with E-state index >= 15 is 0 Å². The van der Waals surface area contributed by atoms with Crippen molar-refractivity contribution in [3.63, 3.8) is 0 Å². The summed E-state index contributed by atoms with van der Waals surface area (Å²) in [4.78, 5) is 2.06. The summed E-state index contributed by atoms with van der Waals surface area (Å²) < 4.78 is 5.36. The number of β-amino-alcohol motifs (C(OH)–C–C–N with tert-alkyl or cyclic N) is 1. The van der Waals surface area contributed by atoms with E-state index in [1.165, 1.54) is 0 Å². The summed E-state index contributed by atoms with van der Waals surface area (Å²) in [7, 11) is 0. The molecule has 0 bridgehead atoms. The monoisotopic (exact) mass is 190 g/mol. The van der Waals surface area contributed by atoms with Crippen molar-refractivity contribution in [2.24, 2.45) is 5.73 Å². The zero-order valence-corrected chi connectivity index (χ0v) is 7.72. The smallest absolute Gasteiger partial charge is 0.0897 e. The van der Waals surface area contributed by atoms with Crippen molar-refractivity contribution in [2.75, 3.05) is 39.4 Å². The van der Waals surface area contributed by atoms with Crippen LogP contribution in [0.4, 0.5) is 0 Å². The normalized spacial score (nSPS) is 27.5. The van der Waals surface area contributed by atoms with Gasteiger partial charge in [-0.2, -0.15) is 0 Å². The van der Waals surface area contributed by atoms with Gasteiger partial charge in [-0.15, -0.1) is 0 Å². The highest BCUT2D eigenvalue weighted by molar-refractivity contribution is 4.73. The summed E-state index contributed by atoms with van der Waals surface area (Å²) in [6.07, 6.45) is -0.587. The molecule has 2 atom stereocenters. The van der Waals surface area contributed by atoms with E-state index in [9.17, 15) is 5.11 Å². The Labute approximate surface area is 78.1 Å². The van der Waals surface area contributed by atoms with Gasteiger partial charge < -0.3 is 20.7 Å². The number of aliphatic hydroxyl groups is 2. The largest absolute Gasteiger partial charge is 0.394 e. The van der Waals surface area contributed by atoms with E-state index in [-0.39, 0.29) is 12.7 Å². The Kier molecular flexibility index (Phi) is 4.61. The van der Waals surface area contributed by atoms with Gasteiger partial charge in [0.15, 0.2) is 0 Å². The van der Waals surface area contributed by atoms with Gasteiger partial charge >= 0.3 is 0 Å². The Morgan fingerprint density at radius 2 is 2.38 bits per heavy atom. The molecular formula is C8H18N2O3. The second kappa shape index (κ2) is 5.51. The molecular weight excluding hydrogens is 172 g/mol. The van der Waals surface area contributed by atoms with E-state index in [4.69, 9.17) is 15.6 Å². The van der Waals surface area contributed by atoms with Crippen LogP contribution in [0.1, 0.15) is 0 Å². The lowest BCUT2D eigenvalue weighted by Crippen LogP contribution is -2.48. The summed E-state index contributed by atoms with van der Waals surface area (Å²) in [5, 5.41) is 17.9. The molecule has 5 nitrogen and oxygen atoms in total. The Morgan fingerprint density at radius 1 is 1.62 bits per heavy atom. The molecule has 1 aliphatic rings. The van der Waals surface area contributed by atoms with Crippen molar-refractivity contribution >= 4 is 0 Å². The first-order valence-electron chi connectivity index (χ1n) is 4.59. The third-order valence-corrected chi connectivity index (χ3v) is 2.17. The molecule has 0 radical (unpaired) electrons. The lowest BCUT2D eigenvalue weighted by molar-refractivity contribution is -0.0413. The van der Waals surface area contributed by atoms with Crippen molar-refractivity contribution in [1.82, 2.24) is 4.90 Å². The molecule has 0 aromatic carbocycles. The van der Waals surface area contributed by atoms with Crippen molar-refractivity contribution < 1.29 is 14.9 Å². The maximum absolute atomic E-state index is 9.21. The van der Waals surface area contributed by atoms with Crippen LogP contribution in [-0.4, -0.2) is 66.7 Å². The van der Waals surface area contributed by atoms with Crippen LogP contribution in [0.3, 0.4) is 0 Å². The molecule has 0 aromatic heterocycles. The standard InChI is InChI=1S/C8H18N2O3/c9-3-8-5-10(1-2-13-8)4-7(12)6-11/h7-8,11-12H,1-6,9H2. The molecule has 13 heavy (non-hydrogen) atoms. The molecule has 0 aliphatic carbocycles. The number of morpholine rings is 1. The second-order valence-corrected chi connectivity index (χ2v) is 3.32. The van der Waals surface area contributed by atoms with Gasteiger partial charge in [-0.25, -0.2) is 0 Å². The van der Waals surface area contributed by atoms with Gasteiger partial charge in [-0.1, -0.05) is 0 Å². The highest BCUT2D eigenvalue weighted by Crippen LogP contribution is 2.04. The Hall–Kier alpha value is -0.200. The summed E-state index contributed by atoms with van der Waals surface area (Å²) in [5.74, 6) is 0. The summed E-state index contributed by atoms with van der Waals surface area (Å²) in [5.41, 5.74) is 5.47. The number of nitrogens with zero attached hydrogens (tertiary/aromatic N) is 1. The Bertz CT molecular complexity index is 143. The lowest BCUT2D eigenvalue weighted by Gasteiger charge is -2.33. The topological polar surface area (TPSA) is 79.0 Å². The van der Waals surface area contributed by atoms with E-state index in [0.717, 1.165) is 13.1 Å². The number of rotatable bonds is 4. The van der Waals surface area contributed by atoms with Gasteiger partial charge in [-0.3, -0.25) is 4.90 Å². The average Bonchev–Trinajstić information content (AvgIpc) is 2.18. The first-order valence-corrected chi connectivity index (χ1v) is 4.59. The third kappa shape index (κ3) is 3.58. The minimum Gasteiger partial charge on any atom is -0.394 e. The molecule has 4 N–H and O–H groups in total. The minimum absolute atomic E-state index is 0.0691. The number of hydrogen-bond acceptors (Lipinski definition) is 5. The van der Waals surface area contributed by atoms with E-state index < -0.39 is 6.10 Å². The van der Waals surface area contributed by atoms with Gasteiger partial charge in [0.2, 0.25) is 0 Å². The van der Waals surface area contributed by atoms with Gasteiger partial charge in [0, 0.05) is 26.2 Å². The number of nitrogens with two attached hydrogens (primary N) is 1. The van der Waals surface area contributed by atoms with E-state index in [2.05, 4.69) is 4.90 Å². The fraction of sp³-hybridized carbons (Fsp3) is 1.00. The molecule has 0 aromatic rings. The van der Waals surface area contributed by atoms with Gasteiger partial charge in [0.25, 0.3) is 0 Å². The Balaban J connectivity index is 2.25. The fourth-order valence-electron chi connectivity index (χ4n) is 1.44. The first kappa shape index (κ1) is 10.9. The molecule has 78 valence electrons. The summed E-state index contributed by atoms with van der Waals surface area (Å²) >= 11 is 0. The molecule has 2 unspecified atom stereocenters. The number of aliphatic hydroxyl groups excluding tert-OH is 2. The summed E-state index contributed by atoms with van der Waals surface area (Å²) in [6, 6.07) is 0. The molecule has 0 amide bonds. The molecule has 1 heterocycles. The van der Waals surface area contributed by atoms with Gasteiger partial charge in [0.1, 0.15) is 0 Å². The van der Waals surface area contributed by atoms with E-state index in [1.54, 1.807) is 0 Å². The predicted molar refractivity (Wildman–Crippen MR) is 48.3 cm³/mol. The van der Waals surface area contributed by atoms with E-state index in [1.807, 2.05) is 0 Å². The number of ether oxygens (including phenoxy) is 1. The van der Waals surface area contributed by atoms with Gasteiger partial charge in [0.05, 0.1) is 25.4 Å². The summed E-state index contributed by atoms with van der Waals surface area (Å²) in [6.45, 7) is 3.01. The second-order valence-electron chi connectivity index (χ2n) is 3.32. The maximum Gasteiger partial charge on any atom is 0.0897 e. The lowest BCUT2D eigenvalue weighted by atomic mass is 10.2. The zero-order chi connectivity index (χ0) is 9.68. The van der Waals surface area contributed by atoms with E-state index in [0.29, 0.717) is 19.7 Å². The van der Waals surface area contributed by atoms with Crippen molar-refractivity contribution in [2.45, 2.75) is 12.2 Å². The molecule has 0 saturated carbocycles. The minimum atomic E-state index is -0.656. The molecule has 0 spiro atoms.